The first kappa shape index (κ1) is 18.2. The number of nitrogens with one attached hydrogen (secondary N) is 2. The first-order valence-corrected chi connectivity index (χ1v) is 9.89. The first-order valence-electron chi connectivity index (χ1n) is 9.89. The Balaban J connectivity index is 1.52. The Bertz CT molecular complexity index is 1620. The third-order valence-electron chi connectivity index (χ3n) is 5.41. The lowest BCUT2D eigenvalue weighted by Gasteiger charge is -2.03. The van der Waals surface area contributed by atoms with Crippen molar-refractivity contribution < 1.29 is 9.50 Å². The summed E-state index contributed by atoms with van der Waals surface area (Å²) in [5.74, 6) is -0.241. The molecule has 0 spiro atoms. The van der Waals surface area contributed by atoms with Crippen molar-refractivity contribution in [2.24, 2.45) is 0 Å². The molecule has 0 atom stereocenters. The minimum Gasteiger partial charge on any atom is -0.506 e. The highest BCUT2D eigenvalue weighted by Gasteiger charge is 2.16. The van der Waals surface area contributed by atoms with Gasteiger partial charge in [-0.15, -0.1) is 0 Å². The standard InChI is InChI=1S/C24H15FN6O/c25-19-4-2-1-3-16(19)22-17-9-21(29-20(17)5-6-27-22)23-18-8-14(11-28-24(18)31-30-23)13-7-15(32)12-26-10-13/h1-12,29,32H,(H,28,30,31). The van der Waals surface area contributed by atoms with Gasteiger partial charge in [-0.2, -0.15) is 5.10 Å². The summed E-state index contributed by atoms with van der Waals surface area (Å²) < 4.78 is 14.4. The zero-order valence-electron chi connectivity index (χ0n) is 16.5. The molecule has 3 N–H and O–H groups in total. The van der Waals surface area contributed by atoms with Crippen molar-refractivity contribution >= 4 is 21.9 Å². The average molecular weight is 422 g/mol. The van der Waals surface area contributed by atoms with Gasteiger partial charge in [0.15, 0.2) is 5.65 Å². The molecular formula is C24H15FN6O. The molecule has 154 valence electrons. The van der Waals surface area contributed by atoms with Gasteiger partial charge < -0.3 is 10.1 Å². The lowest BCUT2D eigenvalue weighted by molar-refractivity contribution is 0.473. The SMILES string of the molecule is Oc1cncc(-c2cnc3n[nH]c(-c4cc5c(-c6ccccc6F)nccc5[nH]4)c3c2)c1. The van der Waals surface area contributed by atoms with E-state index >= 15 is 0 Å². The van der Waals surface area contributed by atoms with Crippen molar-refractivity contribution in [1.29, 1.82) is 0 Å². The van der Waals surface area contributed by atoms with Crippen LogP contribution < -0.4 is 0 Å². The molecular weight excluding hydrogens is 407 g/mol. The number of halogens is 1. The number of rotatable bonds is 3. The molecule has 5 aromatic heterocycles. The van der Waals surface area contributed by atoms with Gasteiger partial charge in [0.05, 0.1) is 23.3 Å². The number of H-pyrrole nitrogens is 2. The Labute approximate surface area is 180 Å². The predicted molar refractivity (Wildman–Crippen MR) is 119 cm³/mol. The van der Waals surface area contributed by atoms with Gasteiger partial charge in [0, 0.05) is 51.6 Å². The molecule has 0 aliphatic rings. The van der Waals surface area contributed by atoms with Crippen LogP contribution in [0, 0.1) is 5.82 Å². The molecule has 0 aliphatic carbocycles. The highest BCUT2D eigenvalue weighted by molar-refractivity contribution is 6.00. The number of aromatic nitrogens is 6. The minimum absolute atomic E-state index is 0.0822. The molecule has 6 aromatic rings. The second-order valence-corrected chi connectivity index (χ2v) is 7.41. The number of pyridine rings is 3. The highest BCUT2D eigenvalue weighted by Crippen LogP contribution is 2.34. The van der Waals surface area contributed by atoms with E-state index in [-0.39, 0.29) is 11.6 Å². The zero-order valence-corrected chi connectivity index (χ0v) is 16.5. The molecule has 7 nitrogen and oxygen atoms in total. The van der Waals surface area contributed by atoms with Crippen LogP contribution in [-0.2, 0) is 0 Å². The Morgan fingerprint density at radius 2 is 1.75 bits per heavy atom. The summed E-state index contributed by atoms with van der Waals surface area (Å²) in [6.45, 7) is 0. The van der Waals surface area contributed by atoms with E-state index in [4.69, 9.17) is 0 Å². The van der Waals surface area contributed by atoms with E-state index in [0.29, 0.717) is 16.9 Å². The summed E-state index contributed by atoms with van der Waals surface area (Å²) >= 11 is 0. The average Bonchev–Trinajstić information content (AvgIpc) is 3.43. The van der Waals surface area contributed by atoms with E-state index in [2.05, 4.69) is 30.1 Å². The van der Waals surface area contributed by atoms with Crippen molar-refractivity contribution in [3.8, 4) is 39.5 Å². The maximum absolute atomic E-state index is 14.4. The molecule has 8 heteroatoms. The Morgan fingerprint density at radius 1 is 0.875 bits per heavy atom. The topological polar surface area (TPSA) is 103 Å². The number of nitrogens with zero attached hydrogens (tertiary/aromatic N) is 4. The molecule has 32 heavy (non-hydrogen) atoms. The number of aromatic amines is 2. The van der Waals surface area contributed by atoms with E-state index in [9.17, 15) is 9.50 Å². The molecule has 0 aliphatic heterocycles. The third-order valence-corrected chi connectivity index (χ3v) is 5.41. The maximum Gasteiger partial charge on any atom is 0.181 e. The second-order valence-electron chi connectivity index (χ2n) is 7.41. The Hall–Kier alpha value is -4.59. The van der Waals surface area contributed by atoms with Gasteiger partial charge >= 0.3 is 0 Å². The van der Waals surface area contributed by atoms with Crippen LogP contribution in [0.25, 0.3) is 55.7 Å². The second kappa shape index (κ2) is 6.98. The van der Waals surface area contributed by atoms with Crippen molar-refractivity contribution in [1.82, 2.24) is 30.1 Å². The number of aromatic hydroxyl groups is 1. The van der Waals surface area contributed by atoms with Gasteiger partial charge in [0.1, 0.15) is 11.6 Å². The largest absolute Gasteiger partial charge is 0.506 e. The molecule has 0 amide bonds. The van der Waals surface area contributed by atoms with E-state index in [1.54, 1.807) is 42.9 Å². The van der Waals surface area contributed by atoms with Crippen LogP contribution in [0.2, 0.25) is 0 Å². The number of fused-ring (bicyclic) bond motifs is 2. The third kappa shape index (κ3) is 2.89. The van der Waals surface area contributed by atoms with Crippen molar-refractivity contribution in [2.45, 2.75) is 0 Å². The van der Waals surface area contributed by atoms with Crippen LogP contribution in [0.3, 0.4) is 0 Å². The van der Waals surface area contributed by atoms with E-state index in [0.717, 1.165) is 38.8 Å². The summed E-state index contributed by atoms with van der Waals surface area (Å²) in [6, 6.07) is 13.9. The quantitative estimate of drug-likeness (QED) is 0.369. The van der Waals surface area contributed by atoms with E-state index in [1.807, 2.05) is 18.2 Å². The van der Waals surface area contributed by atoms with Gasteiger partial charge in [0.25, 0.3) is 0 Å². The number of hydrogen-bond donors (Lipinski definition) is 3. The van der Waals surface area contributed by atoms with Crippen LogP contribution in [0.1, 0.15) is 0 Å². The summed E-state index contributed by atoms with van der Waals surface area (Å²) in [7, 11) is 0. The van der Waals surface area contributed by atoms with Crippen molar-refractivity contribution in [3.05, 3.63) is 79.1 Å². The van der Waals surface area contributed by atoms with Gasteiger partial charge in [-0.1, -0.05) is 12.1 Å². The molecule has 0 unspecified atom stereocenters. The zero-order chi connectivity index (χ0) is 21.7. The molecule has 1 aromatic carbocycles. The van der Waals surface area contributed by atoms with E-state index < -0.39 is 0 Å². The summed E-state index contributed by atoms with van der Waals surface area (Å²) in [6.07, 6.45) is 6.39. The fourth-order valence-electron chi connectivity index (χ4n) is 3.90. The molecule has 5 heterocycles. The van der Waals surface area contributed by atoms with Crippen molar-refractivity contribution in [2.75, 3.05) is 0 Å². The predicted octanol–water partition coefficient (Wildman–Crippen LogP) is 5.07. The fourth-order valence-corrected chi connectivity index (χ4v) is 3.90. The number of benzene rings is 1. The minimum atomic E-state index is -0.323. The molecule has 0 saturated heterocycles. The van der Waals surface area contributed by atoms with Gasteiger partial charge in [-0.25, -0.2) is 9.37 Å². The van der Waals surface area contributed by atoms with Crippen LogP contribution >= 0.6 is 0 Å². The molecule has 0 saturated carbocycles. The summed E-state index contributed by atoms with van der Waals surface area (Å²) in [5.41, 5.74) is 5.47. The molecule has 0 radical (unpaired) electrons. The molecule has 0 fully saturated rings. The molecule has 0 bridgehead atoms. The lowest BCUT2D eigenvalue weighted by Crippen LogP contribution is -1.87. The first-order chi connectivity index (χ1) is 15.7. The highest BCUT2D eigenvalue weighted by atomic mass is 19.1. The lowest BCUT2D eigenvalue weighted by atomic mass is 10.1. The van der Waals surface area contributed by atoms with Crippen LogP contribution in [0.5, 0.6) is 5.75 Å². The van der Waals surface area contributed by atoms with E-state index in [1.165, 1.54) is 12.3 Å². The Morgan fingerprint density at radius 3 is 2.62 bits per heavy atom. The maximum atomic E-state index is 14.4. The van der Waals surface area contributed by atoms with Crippen LogP contribution in [0.15, 0.2) is 73.3 Å². The smallest absolute Gasteiger partial charge is 0.181 e. The van der Waals surface area contributed by atoms with Crippen LogP contribution in [0.4, 0.5) is 4.39 Å². The number of hydrogen-bond acceptors (Lipinski definition) is 5. The Kier molecular flexibility index (Phi) is 3.97. The fraction of sp³-hybridized carbons (Fsp3) is 0. The van der Waals surface area contributed by atoms with Crippen LogP contribution in [-0.4, -0.2) is 35.2 Å². The van der Waals surface area contributed by atoms with Gasteiger partial charge in [-0.05, 0) is 36.4 Å². The van der Waals surface area contributed by atoms with Crippen molar-refractivity contribution in [3.63, 3.8) is 0 Å². The summed E-state index contributed by atoms with van der Waals surface area (Å²) in [4.78, 5) is 16.3. The molecule has 6 rings (SSSR count). The normalized spacial score (nSPS) is 11.4. The monoisotopic (exact) mass is 422 g/mol. The van der Waals surface area contributed by atoms with Gasteiger partial charge in [-0.3, -0.25) is 15.1 Å². The summed E-state index contributed by atoms with van der Waals surface area (Å²) in [5, 5.41) is 18.7. The van der Waals surface area contributed by atoms with Gasteiger partial charge in [0.2, 0.25) is 0 Å².